The molecular weight excluding hydrogens is 324 g/mol. The quantitative estimate of drug-likeness (QED) is 0.836. The first-order chi connectivity index (χ1) is 12.1. The minimum atomic E-state index is -0.482. The summed E-state index contributed by atoms with van der Waals surface area (Å²) in [6.07, 6.45) is 1.59. The molecule has 1 aliphatic rings. The van der Waals surface area contributed by atoms with Gasteiger partial charge in [-0.2, -0.15) is 0 Å². The predicted octanol–water partition coefficient (Wildman–Crippen LogP) is 2.15. The van der Waals surface area contributed by atoms with Gasteiger partial charge in [0, 0.05) is 19.2 Å². The normalized spacial score (nSPS) is 13.2. The van der Waals surface area contributed by atoms with Gasteiger partial charge in [0.25, 0.3) is 5.56 Å². The summed E-state index contributed by atoms with van der Waals surface area (Å²) >= 11 is 0. The molecule has 0 aliphatic carbocycles. The van der Waals surface area contributed by atoms with Crippen molar-refractivity contribution in [2.24, 2.45) is 0 Å². The number of nitrogens with one attached hydrogen (secondary N) is 1. The van der Waals surface area contributed by atoms with Crippen molar-refractivity contribution in [2.45, 2.75) is 26.5 Å². The van der Waals surface area contributed by atoms with Crippen molar-refractivity contribution in [2.75, 3.05) is 32.7 Å². The Morgan fingerprint density at radius 2 is 2.12 bits per heavy atom. The molecule has 7 nitrogen and oxygen atoms in total. The van der Waals surface area contributed by atoms with Crippen LogP contribution in [0.15, 0.2) is 16.9 Å². The van der Waals surface area contributed by atoms with Crippen LogP contribution in [0.4, 0.5) is 5.69 Å². The lowest BCUT2D eigenvalue weighted by Gasteiger charge is -2.24. The third-order valence-electron chi connectivity index (χ3n) is 4.31. The van der Waals surface area contributed by atoms with E-state index in [1.807, 2.05) is 6.92 Å². The van der Waals surface area contributed by atoms with E-state index >= 15 is 0 Å². The molecule has 25 heavy (non-hydrogen) atoms. The van der Waals surface area contributed by atoms with E-state index in [0.29, 0.717) is 29.9 Å². The van der Waals surface area contributed by atoms with Crippen molar-refractivity contribution in [3.63, 3.8) is 0 Å². The fraction of sp³-hybridized carbons (Fsp3) is 0.444. The van der Waals surface area contributed by atoms with Gasteiger partial charge in [0.05, 0.1) is 35.9 Å². The summed E-state index contributed by atoms with van der Waals surface area (Å²) in [5.74, 6) is 0.0702. The molecule has 0 spiro atoms. The highest BCUT2D eigenvalue weighted by Crippen LogP contribution is 2.37. The molecule has 1 aromatic heterocycles. The third kappa shape index (κ3) is 2.95. The van der Waals surface area contributed by atoms with E-state index in [0.717, 1.165) is 29.6 Å². The molecule has 0 saturated heterocycles. The van der Waals surface area contributed by atoms with Gasteiger partial charge >= 0.3 is 5.97 Å². The molecule has 134 valence electrons. The first-order valence-corrected chi connectivity index (χ1v) is 8.29. The zero-order valence-corrected chi connectivity index (χ0v) is 14.7. The minimum absolute atomic E-state index is 0.0960. The summed E-state index contributed by atoms with van der Waals surface area (Å²) < 4.78 is 17.4. The Balaban J connectivity index is 2.43. The van der Waals surface area contributed by atoms with E-state index in [1.165, 1.54) is 18.8 Å². The fourth-order valence-electron chi connectivity index (χ4n) is 3.26. The van der Waals surface area contributed by atoms with Gasteiger partial charge in [-0.25, -0.2) is 4.79 Å². The van der Waals surface area contributed by atoms with Crippen molar-refractivity contribution < 1.29 is 19.0 Å². The predicted molar refractivity (Wildman–Crippen MR) is 94.5 cm³/mol. The summed E-state index contributed by atoms with van der Waals surface area (Å²) in [4.78, 5) is 25.0. The number of rotatable bonds is 5. The molecule has 1 aromatic carbocycles. The smallest absolute Gasteiger partial charge is 0.338 e. The van der Waals surface area contributed by atoms with Gasteiger partial charge in [0.15, 0.2) is 0 Å². The van der Waals surface area contributed by atoms with Crippen molar-refractivity contribution in [1.82, 2.24) is 4.57 Å². The number of benzene rings is 1. The molecule has 0 radical (unpaired) electrons. The molecule has 0 amide bonds. The zero-order valence-electron chi connectivity index (χ0n) is 14.7. The van der Waals surface area contributed by atoms with Crippen LogP contribution in [0.1, 0.15) is 29.3 Å². The van der Waals surface area contributed by atoms with Crippen LogP contribution < -0.4 is 15.6 Å². The number of nitrogens with zero attached hydrogens (tertiary/aromatic N) is 1. The molecule has 0 unspecified atom stereocenters. The van der Waals surface area contributed by atoms with Crippen LogP contribution in [0, 0.1) is 0 Å². The van der Waals surface area contributed by atoms with E-state index in [-0.39, 0.29) is 12.3 Å². The molecule has 7 heteroatoms. The van der Waals surface area contributed by atoms with Crippen LogP contribution >= 0.6 is 0 Å². The maximum absolute atomic E-state index is 12.9. The number of fused-ring (bicyclic) bond motifs is 3. The molecule has 1 N–H and O–H groups in total. The third-order valence-corrected chi connectivity index (χ3v) is 4.31. The number of carbonyl (C=O) groups excluding carboxylic acids is 1. The Morgan fingerprint density at radius 1 is 1.32 bits per heavy atom. The maximum atomic E-state index is 12.9. The molecular formula is C18H22N2O5. The standard InChI is InChI=1S/C18H22N2O5/c1-4-25-14-9-11(18(22)24-3)8-13-15(14)16-12(6-5-7-19-16)17(21)20(13)10-23-2/h8-9,19H,4-7,10H2,1-3H3. The van der Waals surface area contributed by atoms with Gasteiger partial charge in [-0.1, -0.05) is 0 Å². The molecule has 3 rings (SSSR count). The highest BCUT2D eigenvalue weighted by Gasteiger charge is 2.24. The van der Waals surface area contributed by atoms with E-state index in [2.05, 4.69) is 5.32 Å². The lowest BCUT2D eigenvalue weighted by Crippen LogP contribution is -2.29. The Bertz CT molecular complexity index is 872. The van der Waals surface area contributed by atoms with Crippen LogP contribution in [-0.2, 0) is 22.6 Å². The zero-order chi connectivity index (χ0) is 18.0. The highest BCUT2D eigenvalue weighted by molar-refractivity contribution is 6.03. The lowest BCUT2D eigenvalue weighted by molar-refractivity contribution is 0.0600. The number of esters is 1. The molecule has 2 aromatic rings. The monoisotopic (exact) mass is 346 g/mol. The fourth-order valence-corrected chi connectivity index (χ4v) is 3.26. The molecule has 1 aliphatic heterocycles. The summed E-state index contributed by atoms with van der Waals surface area (Å²) in [7, 11) is 2.85. The summed E-state index contributed by atoms with van der Waals surface area (Å²) in [5, 5.41) is 4.12. The number of ether oxygens (including phenoxy) is 3. The van der Waals surface area contributed by atoms with E-state index < -0.39 is 5.97 Å². The van der Waals surface area contributed by atoms with Gasteiger partial charge in [-0.05, 0) is 31.9 Å². The Kier molecular flexibility index (Phi) is 4.94. The van der Waals surface area contributed by atoms with Crippen LogP contribution in [0.2, 0.25) is 0 Å². The second-order valence-corrected chi connectivity index (χ2v) is 5.83. The summed E-state index contributed by atoms with van der Waals surface area (Å²) in [6.45, 7) is 3.21. The Labute approximate surface area is 145 Å². The number of hydrogen-bond donors (Lipinski definition) is 1. The summed E-state index contributed by atoms with van der Waals surface area (Å²) in [6, 6.07) is 3.32. The average molecular weight is 346 g/mol. The Morgan fingerprint density at radius 3 is 2.80 bits per heavy atom. The van der Waals surface area contributed by atoms with Crippen molar-refractivity contribution in [3.05, 3.63) is 33.6 Å². The topological polar surface area (TPSA) is 78.8 Å². The number of hydrogen-bond acceptors (Lipinski definition) is 6. The Hall–Kier alpha value is -2.54. The van der Waals surface area contributed by atoms with Gasteiger partial charge in [0.2, 0.25) is 0 Å². The van der Waals surface area contributed by atoms with Crippen LogP contribution in [0.5, 0.6) is 5.75 Å². The number of anilines is 1. The SMILES string of the molecule is CCOc1cc(C(=O)OC)cc2c1c1c(c(=O)n2COC)CCCN1. The van der Waals surface area contributed by atoms with Crippen LogP contribution in [0.3, 0.4) is 0 Å². The van der Waals surface area contributed by atoms with E-state index in [4.69, 9.17) is 14.2 Å². The largest absolute Gasteiger partial charge is 0.493 e. The lowest BCUT2D eigenvalue weighted by atomic mass is 9.99. The molecule has 0 fully saturated rings. The highest BCUT2D eigenvalue weighted by atomic mass is 16.5. The minimum Gasteiger partial charge on any atom is -0.493 e. The number of pyridine rings is 1. The van der Waals surface area contributed by atoms with Gasteiger partial charge < -0.3 is 19.5 Å². The van der Waals surface area contributed by atoms with Crippen molar-refractivity contribution >= 4 is 22.6 Å². The molecule has 2 heterocycles. The van der Waals surface area contributed by atoms with Gasteiger partial charge in [0.1, 0.15) is 12.5 Å². The van der Waals surface area contributed by atoms with Crippen molar-refractivity contribution in [3.8, 4) is 5.75 Å². The first-order valence-electron chi connectivity index (χ1n) is 8.29. The number of carbonyl (C=O) groups is 1. The van der Waals surface area contributed by atoms with Crippen molar-refractivity contribution in [1.29, 1.82) is 0 Å². The first kappa shape index (κ1) is 17.3. The average Bonchev–Trinajstić information content (AvgIpc) is 2.64. The molecule has 0 atom stereocenters. The van der Waals surface area contributed by atoms with E-state index in [9.17, 15) is 9.59 Å². The number of methoxy groups -OCH3 is 2. The van der Waals surface area contributed by atoms with Crippen LogP contribution in [0.25, 0.3) is 10.9 Å². The van der Waals surface area contributed by atoms with E-state index in [1.54, 1.807) is 12.1 Å². The second kappa shape index (κ2) is 7.14. The van der Waals surface area contributed by atoms with Gasteiger partial charge in [-0.3, -0.25) is 9.36 Å². The number of aromatic nitrogens is 1. The van der Waals surface area contributed by atoms with Crippen LogP contribution in [-0.4, -0.2) is 37.9 Å². The summed E-state index contributed by atoms with van der Waals surface area (Å²) in [5.41, 5.74) is 2.33. The molecule has 0 bridgehead atoms. The maximum Gasteiger partial charge on any atom is 0.338 e. The molecule has 0 saturated carbocycles. The van der Waals surface area contributed by atoms with Gasteiger partial charge in [-0.15, -0.1) is 0 Å². The second-order valence-electron chi connectivity index (χ2n) is 5.83.